The number of para-hydroxylation sites is 1. The van der Waals surface area contributed by atoms with E-state index in [9.17, 15) is 8.42 Å². The smallest absolute Gasteiger partial charge is 0.261 e. The third kappa shape index (κ3) is 5.12. The van der Waals surface area contributed by atoms with Crippen molar-refractivity contribution in [2.24, 2.45) is 0 Å². The summed E-state index contributed by atoms with van der Waals surface area (Å²) in [5.74, 6) is 1.43. The summed E-state index contributed by atoms with van der Waals surface area (Å²) in [6, 6.07) is 17.0. The maximum absolute atomic E-state index is 12.9. The predicted molar refractivity (Wildman–Crippen MR) is 120 cm³/mol. The molecule has 0 bridgehead atoms. The average Bonchev–Trinajstić information content (AvgIpc) is 3.24. The number of anilines is 1. The second-order valence-corrected chi connectivity index (χ2v) is 9.01. The van der Waals surface area contributed by atoms with Crippen molar-refractivity contribution < 1.29 is 17.7 Å². The highest BCUT2D eigenvalue weighted by Crippen LogP contribution is 2.24. The molecule has 0 unspecified atom stereocenters. The Hall–Kier alpha value is -3.72. The fourth-order valence-corrected chi connectivity index (χ4v) is 4.16. The van der Waals surface area contributed by atoms with Crippen molar-refractivity contribution in [3.8, 4) is 17.1 Å². The quantitative estimate of drug-likeness (QED) is 0.426. The first-order valence-corrected chi connectivity index (χ1v) is 11.5. The lowest BCUT2D eigenvalue weighted by Crippen LogP contribution is -2.14. The Morgan fingerprint density at radius 3 is 2.44 bits per heavy atom. The van der Waals surface area contributed by atoms with Gasteiger partial charge in [0.05, 0.1) is 23.1 Å². The molecule has 8 nitrogen and oxygen atoms in total. The van der Waals surface area contributed by atoms with Gasteiger partial charge < -0.3 is 9.26 Å². The largest absolute Gasteiger partial charge is 0.491 e. The number of sulfonamides is 1. The van der Waals surface area contributed by atoms with Crippen LogP contribution in [-0.4, -0.2) is 29.6 Å². The molecule has 164 valence electrons. The Morgan fingerprint density at radius 2 is 1.72 bits per heavy atom. The van der Waals surface area contributed by atoms with Gasteiger partial charge >= 0.3 is 0 Å². The van der Waals surface area contributed by atoms with Crippen LogP contribution >= 0.6 is 0 Å². The van der Waals surface area contributed by atoms with Gasteiger partial charge in [-0.05, 0) is 61.9 Å². The van der Waals surface area contributed by atoms with E-state index in [0.29, 0.717) is 28.7 Å². The number of hydrogen-bond acceptors (Lipinski definition) is 7. The van der Waals surface area contributed by atoms with E-state index >= 15 is 0 Å². The number of hydrogen-bond donors (Lipinski definition) is 1. The second kappa shape index (κ2) is 9.19. The number of aromatic nitrogens is 3. The molecular formula is C23H22N4O4S. The van der Waals surface area contributed by atoms with E-state index in [1.54, 1.807) is 48.8 Å². The van der Waals surface area contributed by atoms with E-state index in [1.807, 2.05) is 26.0 Å². The molecule has 2 aromatic heterocycles. The number of benzene rings is 2. The minimum Gasteiger partial charge on any atom is -0.491 e. The van der Waals surface area contributed by atoms with Crippen LogP contribution in [0.1, 0.15) is 25.3 Å². The minimum absolute atomic E-state index is 0.00577. The van der Waals surface area contributed by atoms with Gasteiger partial charge in [0.15, 0.2) is 0 Å². The fourth-order valence-electron chi connectivity index (χ4n) is 3.06. The zero-order valence-corrected chi connectivity index (χ0v) is 18.4. The summed E-state index contributed by atoms with van der Waals surface area (Å²) in [7, 11) is -3.79. The van der Waals surface area contributed by atoms with E-state index in [4.69, 9.17) is 9.26 Å². The molecule has 0 saturated carbocycles. The third-order valence-electron chi connectivity index (χ3n) is 4.52. The van der Waals surface area contributed by atoms with E-state index < -0.39 is 10.0 Å². The van der Waals surface area contributed by atoms with Crippen molar-refractivity contribution in [3.05, 3.63) is 84.5 Å². The highest BCUT2D eigenvalue weighted by atomic mass is 32.2. The highest BCUT2D eigenvalue weighted by Gasteiger charge is 2.18. The van der Waals surface area contributed by atoms with Gasteiger partial charge in [-0.15, -0.1) is 0 Å². The molecule has 0 atom stereocenters. The van der Waals surface area contributed by atoms with Gasteiger partial charge in [0.25, 0.3) is 10.0 Å². The molecule has 32 heavy (non-hydrogen) atoms. The van der Waals surface area contributed by atoms with Crippen molar-refractivity contribution in [2.75, 3.05) is 4.72 Å². The molecule has 0 aliphatic carbocycles. The molecule has 4 rings (SSSR count). The Morgan fingerprint density at radius 1 is 1.00 bits per heavy atom. The number of ether oxygens (including phenoxy) is 1. The molecule has 9 heteroatoms. The molecular weight excluding hydrogens is 428 g/mol. The monoisotopic (exact) mass is 450 g/mol. The van der Waals surface area contributed by atoms with Crippen LogP contribution in [0.25, 0.3) is 11.4 Å². The topological polar surface area (TPSA) is 107 Å². The lowest BCUT2D eigenvalue weighted by Gasteiger charge is -2.13. The summed E-state index contributed by atoms with van der Waals surface area (Å²) in [6.45, 7) is 3.82. The predicted octanol–water partition coefficient (Wildman–Crippen LogP) is 4.31. The number of nitrogens with zero attached hydrogens (tertiary/aromatic N) is 3. The SMILES string of the molecule is CC(C)Oc1ccc(S(=O)(=O)Nc2ccccc2Cc2nc(-c3ccncc3)no2)cc1. The van der Waals surface area contributed by atoms with E-state index in [1.165, 1.54) is 12.1 Å². The normalized spacial score (nSPS) is 11.5. The summed E-state index contributed by atoms with van der Waals surface area (Å²) >= 11 is 0. The molecule has 0 aliphatic rings. The standard InChI is InChI=1S/C23H22N4O4S/c1-16(2)30-19-7-9-20(10-8-19)32(28,29)27-21-6-4-3-5-18(21)15-22-25-23(26-31-22)17-11-13-24-14-12-17/h3-14,16,27H,15H2,1-2H3. The molecule has 4 aromatic rings. The Balaban J connectivity index is 1.53. The van der Waals surface area contributed by atoms with Gasteiger partial charge in [0.2, 0.25) is 11.7 Å². The van der Waals surface area contributed by atoms with Crippen LogP contribution in [0.3, 0.4) is 0 Å². The summed E-state index contributed by atoms with van der Waals surface area (Å²) in [4.78, 5) is 8.52. The van der Waals surface area contributed by atoms with Crippen molar-refractivity contribution in [1.29, 1.82) is 0 Å². The van der Waals surface area contributed by atoms with Crippen LogP contribution in [0.5, 0.6) is 5.75 Å². The van der Waals surface area contributed by atoms with Crippen LogP contribution in [0.2, 0.25) is 0 Å². The fraction of sp³-hybridized carbons (Fsp3) is 0.174. The molecule has 0 saturated heterocycles. The van der Waals surface area contributed by atoms with E-state index in [2.05, 4.69) is 19.8 Å². The van der Waals surface area contributed by atoms with Crippen molar-refractivity contribution in [2.45, 2.75) is 31.3 Å². The maximum atomic E-state index is 12.9. The minimum atomic E-state index is -3.79. The number of rotatable bonds is 8. The Kier molecular flexibility index (Phi) is 6.18. The maximum Gasteiger partial charge on any atom is 0.261 e. The molecule has 0 amide bonds. The molecule has 0 radical (unpaired) electrons. The van der Waals surface area contributed by atoms with Crippen LogP contribution in [-0.2, 0) is 16.4 Å². The first-order chi connectivity index (χ1) is 15.4. The zero-order chi connectivity index (χ0) is 22.6. The molecule has 0 spiro atoms. The first-order valence-electron chi connectivity index (χ1n) is 10.0. The Bertz CT molecular complexity index is 1290. The molecule has 1 N–H and O–H groups in total. The number of nitrogens with one attached hydrogen (secondary N) is 1. The van der Waals surface area contributed by atoms with Crippen LogP contribution in [0, 0.1) is 0 Å². The van der Waals surface area contributed by atoms with Crippen LogP contribution in [0.15, 0.2) is 82.5 Å². The van der Waals surface area contributed by atoms with Crippen molar-refractivity contribution in [1.82, 2.24) is 15.1 Å². The van der Waals surface area contributed by atoms with Crippen LogP contribution < -0.4 is 9.46 Å². The van der Waals surface area contributed by atoms with Gasteiger partial charge in [0.1, 0.15) is 5.75 Å². The molecule has 2 aromatic carbocycles. The van der Waals surface area contributed by atoms with Crippen LogP contribution in [0.4, 0.5) is 5.69 Å². The third-order valence-corrected chi connectivity index (χ3v) is 5.90. The molecule has 0 fully saturated rings. The van der Waals surface area contributed by atoms with Gasteiger partial charge in [-0.2, -0.15) is 4.98 Å². The van der Waals surface area contributed by atoms with Crippen molar-refractivity contribution in [3.63, 3.8) is 0 Å². The lowest BCUT2D eigenvalue weighted by atomic mass is 10.1. The van der Waals surface area contributed by atoms with Gasteiger partial charge in [-0.1, -0.05) is 23.4 Å². The van der Waals surface area contributed by atoms with Gasteiger partial charge in [-0.25, -0.2) is 8.42 Å². The van der Waals surface area contributed by atoms with Gasteiger partial charge in [0, 0.05) is 18.0 Å². The second-order valence-electron chi connectivity index (χ2n) is 7.33. The summed E-state index contributed by atoms with van der Waals surface area (Å²) in [6.07, 6.45) is 3.58. The molecule has 2 heterocycles. The van der Waals surface area contributed by atoms with E-state index in [-0.39, 0.29) is 17.4 Å². The lowest BCUT2D eigenvalue weighted by molar-refractivity contribution is 0.242. The highest BCUT2D eigenvalue weighted by molar-refractivity contribution is 7.92. The summed E-state index contributed by atoms with van der Waals surface area (Å²) in [5, 5.41) is 4.00. The average molecular weight is 451 g/mol. The zero-order valence-electron chi connectivity index (χ0n) is 17.6. The summed E-state index contributed by atoms with van der Waals surface area (Å²) in [5.41, 5.74) is 1.94. The van der Waals surface area contributed by atoms with E-state index in [0.717, 1.165) is 5.56 Å². The summed E-state index contributed by atoms with van der Waals surface area (Å²) < 4.78 is 39.4. The van der Waals surface area contributed by atoms with Gasteiger partial charge in [-0.3, -0.25) is 9.71 Å². The van der Waals surface area contributed by atoms with Crippen molar-refractivity contribution >= 4 is 15.7 Å². The number of pyridine rings is 1. The Labute approximate surface area is 186 Å². The molecule has 0 aliphatic heterocycles. The first kappa shape index (κ1) is 21.5.